The van der Waals surface area contributed by atoms with Crippen molar-refractivity contribution < 1.29 is 27.8 Å². The number of hydrogen-bond donors (Lipinski definition) is 1. The normalized spacial score (nSPS) is 13.6. The first-order valence-electron chi connectivity index (χ1n) is 9.57. The van der Waals surface area contributed by atoms with E-state index in [0.29, 0.717) is 33.7 Å². The number of methoxy groups -OCH3 is 2. The van der Waals surface area contributed by atoms with Crippen LogP contribution in [0, 0.1) is 11.6 Å². The first kappa shape index (κ1) is 21.0. The second kappa shape index (κ2) is 8.50. The Morgan fingerprint density at radius 1 is 0.844 bits per heavy atom. The topological polar surface area (TPSA) is 67.9 Å². The molecule has 2 amide bonds. The van der Waals surface area contributed by atoms with Crippen molar-refractivity contribution in [2.24, 2.45) is 0 Å². The molecule has 0 radical (unpaired) electrons. The maximum Gasteiger partial charge on any atom is 0.282 e. The molecule has 1 heterocycles. The zero-order valence-electron chi connectivity index (χ0n) is 17.2. The Hall–Kier alpha value is -4.20. The number of carbonyl (C=O) groups excluding carboxylic acids is 2. The lowest BCUT2D eigenvalue weighted by atomic mass is 10.0. The molecule has 1 aliphatic rings. The highest BCUT2D eigenvalue weighted by Crippen LogP contribution is 2.37. The maximum atomic E-state index is 14.5. The molecule has 3 aromatic carbocycles. The number of nitrogens with one attached hydrogen (secondary N) is 1. The summed E-state index contributed by atoms with van der Waals surface area (Å²) >= 11 is 0. The number of nitrogens with zero attached hydrogens (tertiary/aromatic N) is 1. The van der Waals surface area contributed by atoms with E-state index in [1.165, 1.54) is 14.2 Å². The average molecular weight is 436 g/mol. The van der Waals surface area contributed by atoms with Gasteiger partial charge in [-0.3, -0.25) is 9.59 Å². The van der Waals surface area contributed by atoms with Crippen LogP contribution in [0.3, 0.4) is 0 Å². The van der Waals surface area contributed by atoms with Gasteiger partial charge in [-0.25, -0.2) is 13.7 Å². The third kappa shape index (κ3) is 3.66. The van der Waals surface area contributed by atoms with Crippen LogP contribution in [0.4, 0.5) is 20.2 Å². The van der Waals surface area contributed by atoms with E-state index >= 15 is 0 Å². The molecule has 0 saturated carbocycles. The minimum Gasteiger partial charge on any atom is -0.497 e. The lowest BCUT2D eigenvalue weighted by Gasteiger charge is -2.17. The second-order valence-electron chi connectivity index (χ2n) is 6.85. The fraction of sp³-hybridized carbons (Fsp3) is 0.0833. The number of anilines is 2. The Balaban J connectivity index is 1.86. The van der Waals surface area contributed by atoms with Crippen LogP contribution in [0.2, 0.25) is 0 Å². The summed E-state index contributed by atoms with van der Waals surface area (Å²) in [5, 5.41) is 2.96. The number of amides is 2. The van der Waals surface area contributed by atoms with Gasteiger partial charge in [0.25, 0.3) is 11.8 Å². The fourth-order valence-corrected chi connectivity index (χ4v) is 3.45. The minimum atomic E-state index is -1.03. The van der Waals surface area contributed by atoms with Crippen molar-refractivity contribution in [3.05, 3.63) is 89.6 Å². The monoisotopic (exact) mass is 436 g/mol. The molecule has 0 spiro atoms. The van der Waals surface area contributed by atoms with Gasteiger partial charge in [-0.15, -0.1) is 0 Å². The standard InChI is InChI=1S/C24H18F2N2O4/c1-31-16-9-11-20(32-2)18(13-16)27-22-21(14-6-4-3-5-7-14)23(29)28(24(22)30)19-10-8-15(25)12-17(19)26/h3-13,27H,1-2H3. The number of carbonyl (C=O) groups is 2. The van der Waals surface area contributed by atoms with Gasteiger partial charge in [0.1, 0.15) is 28.8 Å². The number of halogens is 2. The predicted molar refractivity (Wildman–Crippen MR) is 115 cm³/mol. The van der Waals surface area contributed by atoms with Gasteiger partial charge in [0.05, 0.1) is 31.2 Å². The van der Waals surface area contributed by atoms with Gasteiger partial charge >= 0.3 is 0 Å². The highest BCUT2D eigenvalue weighted by atomic mass is 19.1. The van der Waals surface area contributed by atoms with Crippen LogP contribution in [-0.4, -0.2) is 26.0 Å². The molecule has 4 rings (SSSR count). The Labute approximate surface area is 182 Å². The molecule has 32 heavy (non-hydrogen) atoms. The van der Waals surface area contributed by atoms with E-state index in [2.05, 4.69) is 5.32 Å². The molecule has 0 unspecified atom stereocenters. The molecular weight excluding hydrogens is 418 g/mol. The lowest BCUT2D eigenvalue weighted by Crippen LogP contribution is -2.33. The molecule has 8 heteroatoms. The van der Waals surface area contributed by atoms with Crippen molar-refractivity contribution in [3.8, 4) is 11.5 Å². The van der Waals surface area contributed by atoms with Gasteiger partial charge in [0.2, 0.25) is 0 Å². The molecule has 1 aliphatic heterocycles. The van der Waals surface area contributed by atoms with E-state index < -0.39 is 23.4 Å². The van der Waals surface area contributed by atoms with Crippen molar-refractivity contribution in [2.75, 3.05) is 24.4 Å². The van der Waals surface area contributed by atoms with Crippen LogP contribution >= 0.6 is 0 Å². The van der Waals surface area contributed by atoms with Crippen molar-refractivity contribution in [1.29, 1.82) is 0 Å². The van der Waals surface area contributed by atoms with Crippen LogP contribution < -0.4 is 19.7 Å². The van der Waals surface area contributed by atoms with E-state index in [1.807, 2.05) is 0 Å². The SMILES string of the molecule is COc1ccc(OC)c(NC2=C(c3ccccc3)C(=O)N(c3ccc(F)cc3F)C2=O)c1. The largest absolute Gasteiger partial charge is 0.497 e. The number of ether oxygens (including phenoxy) is 2. The molecule has 6 nitrogen and oxygen atoms in total. The van der Waals surface area contributed by atoms with Crippen molar-refractivity contribution >= 4 is 28.8 Å². The molecule has 0 atom stereocenters. The summed E-state index contributed by atoms with van der Waals surface area (Å²) in [5.41, 5.74) is 0.461. The summed E-state index contributed by atoms with van der Waals surface area (Å²) in [6.45, 7) is 0. The molecule has 0 fully saturated rings. The number of rotatable bonds is 6. The number of imide groups is 1. The Morgan fingerprint density at radius 2 is 1.59 bits per heavy atom. The summed E-state index contributed by atoms with van der Waals surface area (Å²) in [7, 11) is 2.95. The number of benzene rings is 3. The summed E-state index contributed by atoms with van der Waals surface area (Å²) in [4.78, 5) is 27.4. The lowest BCUT2D eigenvalue weighted by molar-refractivity contribution is -0.120. The Bertz CT molecular complexity index is 1240. The Morgan fingerprint density at radius 3 is 2.25 bits per heavy atom. The molecule has 0 saturated heterocycles. The molecule has 162 valence electrons. The highest BCUT2D eigenvalue weighted by Gasteiger charge is 2.41. The second-order valence-corrected chi connectivity index (χ2v) is 6.85. The van der Waals surface area contributed by atoms with E-state index in [0.717, 1.165) is 12.1 Å². The predicted octanol–water partition coefficient (Wildman–Crippen LogP) is 4.38. The van der Waals surface area contributed by atoms with Crippen LogP contribution in [0.1, 0.15) is 5.56 Å². The molecule has 3 aromatic rings. The average Bonchev–Trinajstić information content (AvgIpc) is 3.04. The van der Waals surface area contributed by atoms with Gasteiger partial charge in [0, 0.05) is 12.1 Å². The first-order valence-corrected chi connectivity index (χ1v) is 9.57. The molecule has 1 N–H and O–H groups in total. The van der Waals surface area contributed by atoms with Gasteiger partial charge in [-0.2, -0.15) is 0 Å². The van der Waals surface area contributed by atoms with Crippen molar-refractivity contribution in [2.45, 2.75) is 0 Å². The maximum absolute atomic E-state index is 14.5. The van der Waals surface area contributed by atoms with Crippen molar-refractivity contribution in [3.63, 3.8) is 0 Å². The quantitative estimate of drug-likeness (QED) is 0.581. The van der Waals surface area contributed by atoms with Gasteiger partial charge in [-0.1, -0.05) is 30.3 Å². The fourth-order valence-electron chi connectivity index (χ4n) is 3.45. The summed E-state index contributed by atoms with van der Waals surface area (Å²) < 4.78 is 38.5. The van der Waals surface area contributed by atoms with Crippen LogP contribution in [-0.2, 0) is 9.59 Å². The third-order valence-corrected chi connectivity index (χ3v) is 4.96. The van der Waals surface area contributed by atoms with E-state index in [9.17, 15) is 18.4 Å². The van der Waals surface area contributed by atoms with Gasteiger partial charge in [0.15, 0.2) is 0 Å². The molecular formula is C24H18F2N2O4. The van der Waals surface area contributed by atoms with Crippen LogP contribution in [0.15, 0.2) is 72.4 Å². The van der Waals surface area contributed by atoms with E-state index in [1.54, 1.807) is 48.5 Å². The van der Waals surface area contributed by atoms with E-state index in [-0.39, 0.29) is 17.0 Å². The highest BCUT2D eigenvalue weighted by molar-refractivity contribution is 6.46. The van der Waals surface area contributed by atoms with E-state index in [4.69, 9.17) is 9.47 Å². The zero-order chi connectivity index (χ0) is 22.8. The Kier molecular flexibility index (Phi) is 5.59. The molecule has 0 bridgehead atoms. The summed E-state index contributed by atoms with van der Waals surface area (Å²) in [6.07, 6.45) is 0. The zero-order valence-corrected chi connectivity index (χ0v) is 17.2. The third-order valence-electron chi connectivity index (χ3n) is 4.96. The van der Waals surface area contributed by atoms with Crippen LogP contribution in [0.25, 0.3) is 5.57 Å². The van der Waals surface area contributed by atoms with Gasteiger partial charge in [-0.05, 0) is 29.8 Å². The first-order chi connectivity index (χ1) is 15.4. The summed E-state index contributed by atoms with van der Waals surface area (Å²) in [5.74, 6) is -2.48. The molecule has 0 aliphatic carbocycles. The minimum absolute atomic E-state index is 0.0456. The van der Waals surface area contributed by atoms with Crippen molar-refractivity contribution in [1.82, 2.24) is 0 Å². The molecule has 0 aromatic heterocycles. The number of hydrogen-bond acceptors (Lipinski definition) is 5. The van der Waals surface area contributed by atoms with Gasteiger partial charge < -0.3 is 14.8 Å². The smallest absolute Gasteiger partial charge is 0.282 e. The van der Waals surface area contributed by atoms with Crippen LogP contribution in [0.5, 0.6) is 11.5 Å². The summed E-state index contributed by atoms with van der Waals surface area (Å²) in [6, 6.07) is 16.1.